The number of hydrogen-bond donors (Lipinski definition) is 0. The third-order valence-electron chi connectivity index (χ3n) is 4.36. The Kier molecular flexibility index (Phi) is 7.75. The number of carbonyl (C=O) groups is 1. The fourth-order valence-corrected chi connectivity index (χ4v) is 8.82. The summed E-state index contributed by atoms with van der Waals surface area (Å²) < 4.78 is 17.6. The van der Waals surface area contributed by atoms with Crippen molar-refractivity contribution in [1.29, 1.82) is 0 Å². The molecule has 4 nitrogen and oxygen atoms in total. The van der Waals surface area contributed by atoms with E-state index < -0.39 is 13.7 Å². The molecule has 1 unspecified atom stereocenters. The molecule has 0 N–H and O–H groups in total. The zero-order chi connectivity index (χ0) is 15.1. The van der Waals surface area contributed by atoms with Gasteiger partial charge in [-0.25, -0.2) is 0 Å². The summed E-state index contributed by atoms with van der Waals surface area (Å²) in [6, 6.07) is 2.08. The Labute approximate surface area is 128 Å². The van der Waals surface area contributed by atoms with E-state index in [0.717, 1.165) is 37.1 Å². The van der Waals surface area contributed by atoms with Crippen LogP contribution in [0.4, 0.5) is 0 Å². The maximum absolute atomic E-state index is 11.3. The Morgan fingerprint density at radius 3 is 2.50 bits per heavy atom. The fourth-order valence-electron chi connectivity index (χ4n) is 3.17. The van der Waals surface area contributed by atoms with Crippen molar-refractivity contribution in [3.05, 3.63) is 0 Å². The van der Waals surface area contributed by atoms with E-state index in [1.807, 2.05) is 6.92 Å². The van der Waals surface area contributed by atoms with Gasteiger partial charge in [-0.1, -0.05) is 25.1 Å². The van der Waals surface area contributed by atoms with E-state index >= 15 is 0 Å². The lowest BCUT2D eigenvalue weighted by molar-refractivity contribution is -0.170. The van der Waals surface area contributed by atoms with Gasteiger partial charge in [-0.05, 0) is 24.9 Å². The van der Waals surface area contributed by atoms with E-state index in [4.69, 9.17) is 13.9 Å². The lowest BCUT2D eigenvalue weighted by Gasteiger charge is -2.48. The van der Waals surface area contributed by atoms with Crippen molar-refractivity contribution in [2.45, 2.75) is 56.5 Å². The van der Waals surface area contributed by atoms with Crippen LogP contribution in [0.1, 0.15) is 39.0 Å². The zero-order valence-electron chi connectivity index (χ0n) is 13.2. The Balaban J connectivity index is 2.65. The van der Waals surface area contributed by atoms with E-state index in [1.165, 1.54) is 18.2 Å². The molecule has 1 atom stereocenters. The predicted octanol–water partition coefficient (Wildman–Crippen LogP) is 3.35. The summed E-state index contributed by atoms with van der Waals surface area (Å²) in [5.41, 5.74) is -0.514. The van der Waals surface area contributed by atoms with Gasteiger partial charge in [-0.15, -0.1) is 0 Å². The number of hydrogen-bond acceptors (Lipinski definition) is 5. The SMILES string of the molecule is CCC(=O)SCCC[Si]1(OC)CCCCC1(OC)OC. The largest absolute Gasteiger partial charge is 0.414 e. The predicted molar refractivity (Wildman–Crippen MR) is 85.4 cm³/mol. The van der Waals surface area contributed by atoms with Crippen LogP contribution in [0.25, 0.3) is 0 Å². The zero-order valence-corrected chi connectivity index (χ0v) is 15.0. The molecule has 0 aromatic carbocycles. The molecule has 1 aliphatic heterocycles. The quantitative estimate of drug-likeness (QED) is 0.390. The molecule has 6 heteroatoms. The average Bonchev–Trinajstić information content (AvgIpc) is 2.51. The van der Waals surface area contributed by atoms with Gasteiger partial charge in [0.1, 0.15) is 0 Å². The minimum absolute atomic E-state index is 0.270. The highest BCUT2D eigenvalue weighted by Crippen LogP contribution is 2.43. The Morgan fingerprint density at radius 2 is 1.95 bits per heavy atom. The molecule has 0 bridgehead atoms. The number of thioether (sulfide) groups is 1. The molecule has 20 heavy (non-hydrogen) atoms. The second-order valence-electron chi connectivity index (χ2n) is 5.24. The van der Waals surface area contributed by atoms with Crippen LogP contribution in [-0.4, -0.2) is 45.9 Å². The fraction of sp³-hybridized carbons (Fsp3) is 0.929. The van der Waals surface area contributed by atoms with Crippen molar-refractivity contribution in [1.82, 2.24) is 0 Å². The van der Waals surface area contributed by atoms with Crippen LogP contribution in [0.3, 0.4) is 0 Å². The Bertz CT molecular complexity index is 310. The van der Waals surface area contributed by atoms with Gasteiger partial charge in [0.15, 0.2) is 10.5 Å². The minimum Gasteiger partial charge on any atom is -0.414 e. The van der Waals surface area contributed by atoms with Crippen LogP contribution in [0.15, 0.2) is 0 Å². The second kappa shape index (κ2) is 8.53. The van der Waals surface area contributed by atoms with Gasteiger partial charge in [0.25, 0.3) is 8.32 Å². The van der Waals surface area contributed by atoms with Crippen molar-refractivity contribution in [3.8, 4) is 0 Å². The number of methoxy groups -OCH3 is 2. The first-order valence-corrected chi connectivity index (χ1v) is 10.7. The van der Waals surface area contributed by atoms with Gasteiger partial charge in [0.2, 0.25) is 0 Å². The van der Waals surface area contributed by atoms with E-state index in [9.17, 15) is 4.79 Å². The lowest BCUT2D eigenvalue weighted by atomic mass is 10.2. The monoisotopic (exact) mass is 320 g/mol. The van der Waals surface area contributed by atoms with Crippen LogP contribution in [0.5, 0.6) is 0 Å². The van der Waals surface area contributed by atoms with E-state index in [1.54, 1.807) is 21.3 Å². The van der Waals surface area contributed by atoms with Crippen molar-refractivity contribution in [3.63, 3.8) is 0 Å². The molecule has 1 heterocycles. The molecular formula is C14H28O4SSi. The van der Waals surface area contributed by atoms with Gasteiger partial charge in [-0.3, -0.25) is 4.79 Å². The van der Waals surface area contributed by atoms with Crippen molar-refractivity contribution < 1.29 is 18.7 Å². The summed E-state index contributed by atoms with van der Waals surface area (Å²) in [4.78, 5) is 11.3. The molecule has 1 rings (SSSR count). The third kappa shape index (κ3) is 3.85. The lowest BCUT2D eigenvalue weighted by Crippen LogP contribution is -2.64. The highest BCUT2D eigenvalue weighted by Gasteiger charge is 2.57. The van der Waals surface area contributed by atoms with Gasteiger partial charge in [0.05, 0.1) is 0 Å². The molecular weight excluding hydrogens is 292 g/mol. The summed E-state index contributed by atoms with van der Waals surface area (Å²) in [7, 11) is 3.17. The Morgan fingerprint density at radius 1 is 1.25 bits per heavy atom. The second-order valence-corrected chi connectivity index (χ2v) is 10.6. The number of carbonyl (C=O) groups excluding carboxylic acids is 1. The van der Waals surface area contributed by atoms with E-state index in [2.05, 4.69) is 0 Å². The molecule has 1 fully saturated rings. The maximum atomic E-state index is 11.3. The van der Waals surface area contributed by atoms with Gasteiger partial charge in [-0.2, -0.15) is 0 Å². The molecule has 0 aromatic rings. The first kappa shape index (κ1) is 18.2. The minimum atomic E-state index is -2.09. The summed E-state index contributed by atoms with van der Waals surface area (Å²) >= 11 is 1.44. The molecule has 0 saturated carbocycles. The van der Waals surface area contributed by atoms with Crippen molar-refractivity contribution in [2.75, 3.05) is 27.1 Å². The standard InChI is InChI=1S/C14H28O4SSi/c1-5-13(15)19-10-8-12-20(18-4)11-7-6-9-14(20,16-2)17-3/h5-12H2,1-4H3. The summed E-state index contributed by atoms with van der Waals surface area (Å²) in [5, 5.41) is 0.270. The summed E-state index contributed by atoms with van der Waals surface area (Å²) in [5.74, 6) is 0.869. The van der Waals surface area contributed by atoms with Crippen LogP contribution in [0, 0.1) is 0 Å². The van der Waals surface area contributed by atoms with E-state index in [0.29, 0.717) is 6.42 Å². The maximum Gasteiger partial charge on any atom is 0.256 e. The first-order chi connectivity index (χ1) is 9.59. The van der Waals surface area contributed by atoms with E-state index in [-0.39, 0.29) is 5.12 Å². The number of rotatable bonds is 8. The average molecular weight is 321 g/mol. The molecule has 0 amide bonds. The van der Waals surface area contributed by atoms with Crippen LogP contribution >= 0.6 is 11.8 Å². The molecule has 0 spiro atoms. The first-order valence-electron chi connectivity index (χ1n) is 7.41. The van der Waals surface area contributed by atoms with Crippen molar-refractivity contribution in [2.24, 2.45) is 0 Å². The highest BCUT2D eigenvalue weighted by molar-refractivity contribution is 8.13. The molecule has 1 aliphatic rings. The molecule has 1 saturated heterocycles. The molecule has 0 radical (unpaired) electrons. The molecule has 118 valence electrons. The molecule has 0 aliphatic carbocycles. The van der Waals surface area contributed by atoms with Crippen molar-refractivity contribution >= 4 is 25.2 Å². The summed E-state index contributed by atoms with van der Waals surface area (Å²) in [6.45, 7) is 1.91. The van der Waals surface area contributed by atoms with Gasteiger partial charge >= 0.3 is 0 Å². The molecule has 0 aromatic heterocycles. The topological polar surface area (TPSA) is 44.8 Å². The smallest absolute Gasteiger partial charge is 0.256 e. The van der Waals surface area contributed by atoms with Crippen LogP contribution in [-0.2, 0) is 18.7 Å². The van der Waals surface area contributed by atoms with Crippen LogP contribution in [0.2, 0.25) is 12.1 Å². The van der Waals surface area contributed by atoms with Gasteiger partial charge in [0, 0.05) is 39.9 Å². The van der Waals surface area contributed by atoms with Crippen LogP contribution < -0.4 is 0 Å². The number of ether oxygens (including phenoxy) is 2. The normalized spacial score (nSPS) is 25.6. The van der Waals surface area contributed by atoms with Gasteiger partial charge < -0.3 is 13.9 Å². The third-order valence-corrected chi connectivity index (χ3v) is 10.6. The summed E-state index contributed by atoms with van der Waals surface area (Å²) in [6.07, 6.45) is 4.84. The highest BCUT2D eigenvalue weighted by atomic mass is 32.2. The Hall–Kier alpha value is 0.117.